The van der Waals surface area contributed by atoms with Crippen LogP contribution in [0.5, 0.6) is 0 Å². The highest BCUT2D eigenvalue weighted by Gasteiger charge is 2.54. The van der Waals surface area contributed by atoms with Gasteiger partial charge in [-0.2, -0.15) is 0 Å². The number of rotatable bonds is 3. The second kappa shape index (κ2) is 4.38. The molecule has 1 aromatic carbocycles. The molecule has 3 unspecified atom stereocenters. The molecule has 100 valence electrons. The van der Waals surface area contributed by atoms with Gasteiger partial charge >= 0.3 is 0 Å². The Labute approximate surface area is 114 Å². The van der Waals surface area contributed by atoms with Gasteiger partial charge in [-0.05, 0) is 49.8 Å². The minimum Gasteiger partial charge on any atom is -0.459 e. The van der Waals surface area contributed by atoms with Crippen LogP contribution in [0.1, 0.15) is 37.5 Å². The Morgan fingerprint density at radius 2 is 1.89 bits per heavy atom. The van der Waals surface area contributed by atoms with E-state index in [-0.39, 0.29) is 0 Å². The molecule has 2 aliphatic rings. The minimum atomic E-state index is 0.403. The third-order valence-corrected chi connectivity index (χ3v) is 5.17. The number of hydrogen-bond acceptors (Lipinski definition) is 2. The summed E-state index contributed by atoms with van der Waals surface area (Å²) >= 11 is 0. The van der Waals surface area contributed by atoms with Gasteiger partial charge in [0.05, 0.1) is 6.04 Å². The molecule has 2 saturated carbocycles. The van der Waals surface area contributed by atoms with Crippen LogP contribution in [0.4, 0.5) is 0 Å². The van der Waals surface area contributed by atoms with Gasteiger partial charge in [0.25, 0.3) is 0 Å². The highest BCUT2D eigenvalue weighted by molar-refractivity contribution is 5.77. The normalized spacial score (nSPS) is 31.1. The predicted molar refractivity (Wildman–Crippen MR) is 77.0 cm³/mol. The molecule has 2 nitrogen and oxygen atoms in total. The maximum absolute atomic E-state index is 6.07. The first kappa shape index (κ1) is 11.5. The van der Waals surface area contributed by atoms with Crippen molar-refractivity contribution in [1.29, 1.82) is 0 Å². The third-order valence-electron chi connectivity index (χ3n) is 5.17. The highest BCUT2D eigenvalue weighted by atomic mass is 16.3. The molecular weight excluding hydrogens is 234 g/mol. The molecule has 1 aromatic heterocycles. The van der Waals surface area contributed by atoms with Crippen LogP contribution in [0.15, 0.2) is 34.7 Å². The monoisotopic (exact) mass is 255 g/mol. The Balaban J connectivity index is 1.65. The fourth-order valence-corrected chi connectivity index (χ4v) is 4.22. The molecule has 3 atom stereocenters. The lowest BCUT2D eigenvalue weighted by atomic mass is 10.0. The number of nitrogens with one attached hydrogen (secondary N) is 1. The molecule has 0 bridgehead atoms. The van der Waals surface area contributed by atoms with Crippen molar-refractivity contribution in [2.45, 2.75) is 31.7 Å². The maximum Gasteiger partial charge on any atom is 0.134 e. The number of fused-ring (bicyclic) bond motifs is 2. The van der Waals surface area contributed by atoms with Crippen LogP contribution in [0.3, 0.4) is 0 Å². The van der Waals surface area contributed by atoms with Crippen molar-refractivity contribution < 1.29 is 4.42 Å². The van der Waals surface area contributed by atoms with Gasteiger partial charge < -0.3 is 9.73 Å². The summed E-state index contributed by atoms with van der Waals surface area (Å²) in [6, 6.07) is 10.9. The predicted octanol–water partition coefficient (Wildman–Crippen LogP) is 4.13. The zero-order chi connectivity index (χ0) is 12.8. The summed E-state index contributed by atoms with van der Waals surface area (Å²) in [5.74, 6) is 3.81. The third kappa shape index (κ3) is 1.81. The molecule has 0 amide bonds. The zero-order valence-electron chi connectivity index (χ0n) is 11.4. The zero-order valence-corrected chi connectivity index (χ0v) is 11.4. The molecule has 0 aliphatic heterocycles. The van der Waals surface area contributed by atoms with E-state index in [4.69, 9.17) is 4.42 Å². The second-order valence-corrected chi connectivity index (χ2v) is 6.14. The van der Waals surface area contributed by atoms with Crippen LogP contribution < -0.4 is 5.32 Å². The van der Waals surface area contributed by atoms with Crippen LogP contribution in [-0.2, 0) is 0 Å². The van der Waals surface area contributed by atoms with Gasteiger partial charge in [0.2, 0.25) is 0 Å². The lowest BCUT2D eigenvalue weighted by molar-refractivity contribution is 0.395. The molecule has 4 rings (SSSR count). The van der Waals surface area contributed by atoms with E-state index in [0.29, 0.717) is 6.04 Å². The van der Waals surface area contributed by atoms with Crippen LogP contribution in [0, 0.1) is 17.8 Å². The summed E-state index contributed by atoms with van der Waals surface area (Å²) in [6.45, 7) is 0. The Bertz CT molecular complexity index is 543. The van der Waals surface area contributed by atoms with Gasteiger partial charge in [-0.15, -0.1) is 0 Å². The molecule has 0 radical (unpaired) electrons. The van der Waals surface area contributed by atoms with Crippen LogP contribution >= 0.6 is 0 Å². The second-order valence-electron chi connectivity index (χ2n) is 6.14. The Morgan fingerprint density at radius 1 is 1.16 bits per heavy atom. The molecule has 0 saturated heterocycles. The fourth-order valence-electron chi connectivity index (χ4n) is 4.22. The summed E-state index contributed by atoms with van der Waals surface area (Å²) in [4.78, 5) is 0. The lowest BCUT2D eigenvalue weighted by Gasteiger charge is -2.13. The molecule has 0 spiro atoms. The summed E-state index contributed by atoms with van der Waals surface area (Å²) in [6.07, 6.45) is 5.70. The first-order chi connectivity index (χ1) is 9.38. The number of furan rings is 1. The minimum absolute atomic E-state index is 0.403. The van der Waals surface area contributed by atoms with Crippen molar-refractivity contribution in [3.63, 3.8) is 0 Å². The Morgan fingerprint density at radius 3 is 2.58 bits per heavy atom. The van der Waals surface area contributed by atoms with Gasteiger partial charge in [-0.25, -0.2) is 0 Å². The topological polar surface area (TPSA) is 25.2 Å². The van der Waals surface area contributed by atoms with Crippen molar-refractivity contribution in [3.8, 4) is 0 Å². The van der Waals surface area contributed by atoms with E-state index in [9.17, 15) is 0 Å². The van der Waals surface area contributed by atoms with E-state index in [0.717, 1.165) is 29.1 Å². The highest BCUT2D eigenvalue weighted by Crippen LogP contribution is 2.60. The van der Waals surface area contributed by atoms with E-state index in [2.05, 4.69) is 36.6 Å². The standard InChI is InChI=1S/C17H21NO/c1-18-17(16-12-7-3-4-8-13(12)16)15-10-11-6-2-5-9-14(11)19-15/h2,5-6,9-10,12-13,16-18H,3-4,7-8H2,1H3. The van der Waals surface area contributed by atoms with Crippen molar-refractivity contribution in [2.24, 2.45) is 17.8 Å². The van der Waals surface area contributed by atoms with Gasteiger partial charge in [0.15, 0.2) is 0 Å². The first-order valence-electron chi connectivity index (χ1n) is 7.54. The van der Waals surface area contributed by atoms with Crippen molar-refractivity contribution in [1.82, 2.24) is 5.32 Å². The van der Waals surface area contributed by atoms with Gasteiger partial charge in [-0.1, -0.05) is 31.0 Å². The SMILES string of the molecule is CNC(c1cc2ccccc2o1)C1C2CCCCC21. The Hall–Kier alpha value is -1.28. The molecule has 2 heteroatoms. The van der Waals surface area contributed by atoms with Gasteiger partial charge in [-0.3, -0.25) is 0 Å². The largest absolute Gasteiger partial charge is 0.459 e. The summed E-state index contributed by atoms with van der Waals surface area (Å²) in [5, 5.41) is 4.73. The number of para-hydroxylation sites is 1. The quantitative estimate of drug-likeness (QED) is 0.892. The van der Waals surface area contributed by atoms with Crippen LogP contribution in [0.2, 0.25) is 0 Å². The van der Waals surface area contributed by atoms with E-state index >= 15 is 0 Å². The van der Waals surface area contributed by atoms with E-state index in [1.54, 1.807) is 0 Å². The molecular formula is C17H21NO. The van der Waals surface area contributed by atoms with Gasteiger partial charge in [0, 0.05) is 5.39 Å². The summed E-state index contributed by atoms with van der Waals surface area (Å²) in [5.41, 5.74) is 1.02. The molecule has 1 N–H and O–H groups in total. The van der Waals surface area contributed by atoms with Crippen LogP contribution in [-0.4, -0.2) is 7.05 Å². The smallest absolute Gasteiger partial charge is 0.134 e. The summed E-state index contributed by atoms with van der Waals surface area (Å²) in [7, 11) is 2.07. The average molecular weight is 255 g/mol. The number of benzene rings is 1. The first-order valence-corrected chi connectivity index (χ1v) is 7.54. The van der Waals surface area contributed by atoms with Crippen molar-refractivity contribution >= 4 is 11.0 Å². The molecule has 2 fully saturated rings. The van der Waals surface area contributed by atoms with Crippen LogP contribution in [0.25, 0.3) is 11.0 Å². The van der Waals surface area contributed by atoms with E-state index in [1.165, 1.54) is 31.1 Å². The van der Waals surface area contributed by atoms with Crippen molar-refractivity contribution in [2.75, 3.05) is 7.05 Å². The Kier molecular flexibility index (Phi) is 2.66. The molecule has 2 aromatic rings. The molecule has 19 heavy (non-hydrogen) atoms. The molecule has 1 heterocycles. The fraction of sp³-hybridized carbons (Fsp3) is 0.529. The summed E-state index contributed by atoms with van der Waals surface area (Å²) < 4.78 is 6.07. The van der Waals surface area contributed by atoms with Gasteiger partial charge in [0.1, 0.15) is 11.3 Å². The van der Waals surface area contributed by atoms with Crippen molar-refractivity contribution in [3.05, 3.63) is 36.1 Å². The van der Waals surface area contributed by atoms with E-state index in [1.807, 2.05) is 6.07 Å². The average Bonchev–Trinajstić information content (AvgIpc) is 3.00. The van der Waals surface area contributed by atoms with E-state index < -0.39 is 0 Å². The number of hydrogen-bond donors (Lipinski definition) is 1. The molecule has 2 aliphatic carbocycles. The lowest BCUT2D eigenvalue weighted by Crippen LogP contribution is -2.19. The maximum atomic E-state index is 6.07.